The van der Waals surface area contributed by atoms with E-state index in [0.29, 0.717) is 19.5 Å². The lowest BCUT2D eigenvalue weighted by atomic mass is 10.0. The van der Waals surface area contributed by atoms with Crippen LogP contribution in [0.25, 0.3) is 0 Å². The van der Waals surface area contributed by atoms with E-state index in [-0.39, 0.29) is 11.8 Å². The molecule has 17 heavy (non-hydrogen) atoms. The number of rotatable bonds is 2. The Balaban J connectivity index is 2.16. The lowest BCUT2D eigenvalue weighted by molar-refractivity contribution is -0.137. The summed E-state index contributed by atoms with van der Waals surface area (Å²) in [5.74, 6) is -0.136. The average molecular weight is 253 g/mol. The van der Waals surface area contributed by atoms with Gasteiger partial charge in [0.15, 0.2) is 0 Å². The fraction of sp³-hybridized carbons (Fsp3) is 0.545. The van der Waals surface area contributed by atoms with Crippen LogP contribution in [0.5, 0.6) is 0 Å². The number of carbonyl (C=O) groups excluding carboxylic acids is 2. The molecule has 2 rings (SSSR count). The number of hydrogen-bond donors (Lipinski definition) is 1. The van der Waals surface area contributed by atoms with E-state index < -0.39 is 5.54 Å². The van der Waals surface area contributed by atoms with E-state index in [1.165, 1.54) is 11.3 Å². The van der Waals surface area contributed by atoms with Crippen LogP contribution in [-0.4, -0.2) is 33.8 Å². The second-order valence-corrected chi connectivity index (χ2v) is 5.55. The second kappa shape index (κ2) is 4.44. The van der Waals surface area contributed by atoms with Crippen molar-refractivity contribution in [2.75, 3.05) is 6.54 Å². The number of nitrogens with one attached hydrogen (secondary N) is 1. The first-order valence-electron chi connectivity index (χ1n) is 5.48. The van der Waals surface area contributed by atoms with E-state index in [0.717, 1.165) is 5.01 Å². The Morgan fingerprint density at radius 1 is 1.53 bits per heavy atom. The molecular formula is C11H15N3O2S. The van der Waals surface area contributed by atoms with Crippen molar-refractivity contribution in [3.63, 3.8) is 0 Å². The Labute approximate surface area is 104 Å². The maximum absolute atomic E-state index is 12.2. The third kappa shape index (κ3) is 2.63. The molecule has 2 amide bonds. The van der Waals surface area contributed by atoms with E-state index in [2.05, 4.69) is 10.3 Å². The number of carbonyl (C=O) groups is 2. The molecule has 1 saturated heterocycles. The van der Waals surface area contributed by atoms with Gasteiger partial charge >= 0.3 is 0 Å². The minimum atomic E-state index is -0.829. The monoisotopic (exact) mass is 253 g/mol. The Kier molecular flexibility index (Phi) is 3.15. The van der Waals surface area contributed by atoms with Crippen LogP contribution in [0.4, 0.5) is 0 Å². The van der Waals surface area contributed by atoms with Gasteiger partial charge in [-0.1, -0.05) is 0 Å². The molecule has 92 valence electrons. The standard InChI is InChI=1S/C11H15N3O2S/c1-11(2)10(16)14(5-3-8(15)13-11)7-9-12-4-6-17-9/h4,6H,3,5,7H2,1-2H3,(H,13,15). The summed E-state index contributed by atoms with van der Waals surface area (Å²) in [7, 11) is 0. The molecule has 5 nitrogen and oxygen atoms in total. The Morgan fingerprint density at radius 3 is 2.94 bits per heavy atom. The van der Waals surface area contributed by atoms with Gasteiger partial charge in [-0.05, 0) is 13.8 Å². The summed E-state index contributed by atoms with van der Waals surface area (Å²) < 4.78 is 0. The highest BCUT2D eigenvalue weighted by atomic mass is 32.1. The van der Waals surface area contributed by atoms with Gasteiger partial charge < -0.3 is 10.2 Å². The lowest BCUT2D eigenvalue weighted by Gasteiger charge is -2.28. The first-order valence-corrected chi connectivity index (χ1v) is 6.36. The molecular weight excluding hydrogens is 238 g/mol. The zero-order chi connectivity index (χ0) is 12.5. The number of thiazole rings is 1. The van der Waals surface area contributed by atoms with E-state index in [1.54, 1.807) is 24.9 Å². The van der Waals surface area contributed by atoms with E-state index >= 15 is 0 Å². The largest absolute Gasteiger partial charge is 0.342 e. The topological polar surface area (TPSA) is 62.3 Å². The molecule has 1 fully saturated rings. The maximum Gasteiger partial charge on any atom is 0.248 e. The van der Waals surface area contributed by atoms with E-state index in [1.807, 2.05) is 5.38 Å². The maximum atomic E-state index is 12.2. The van der Waals surface area contributed by atoms with Gasteiger partial charge in [0.2, 0.25) is 11.8 Å². The summed E-state index contributed by atoms with van der Waals surface area (Å²) in [6, 6.07) is 0. The van der Waals surface area contributed by atoms with Gasteiger partial charge in [-0.3, -0.25) is 9.59 Å². The molecule has 0 bridgehead atoms. The highest BCUT2D eigenvalue weighted by Gasteiger charge is 2.36. The smallest absolute Gasteiger partial charge is 0.248 e. The van der Waals surface area contributed by atoms with Crippen molar-refractivity contribution in [1.82, 2.24) is 15.2 Å². The van der Waals surface area contributed by atoms with E-state index in [4.69, 9.17) is 0 Å². The summed E-state index contributed by atoms with van der Waals surface area (Å²) in [4.78, 5) is 29.6. The van der Waals surface area contributed by atoms with Crippen LogP contribution >= 0.6 is 11.3 Å². The van der Waals surface area contributed by atoms with Crippen LogP contribution in [-0.2, 0) is 16.1 Å². The van der Waals surface area contributed by atoms with Crippen molar-refractivity contribution in [3.8, 4) is 0 Å². The van der Waals surface area contributed by atoms with Crippen molar-refractivity contribution in [3.05, 3.63) is 16.6 Å². The third-order valence-corrected chi connectivity index (χ3v) is 3.46. The molecule has 0 radical (unpaired) electrons. The first kappa shape index (κ1) is 12.0. The van der Waals surface area contributed by atoms with Crippen molar-refractivity contribution < 1.29 is 9.59 Å². The fourth-order valence-electron chi connectivity index (χ4n) is 1.84. The molecule has 1 aliphatic heterocycles. The molecule has 0 unspecified atom stereocenters. The first-order chi connectivity index (χ1) is 7.99. The zero-order valence-electron chi connectivity index (χ0n) is 9.90. The van der Waals surface area contributed by atoms with Crippen LogP contribution in [0.3, 0.4) is 0 Å². The molecule has 0 aromatic carbocycles. The van der Waals surface area contributed by atoms with Gasteiger partial charge in [0.1, 0.15) is 10.5 Å². The summed E-state index contributed by atoms with van der Waals surface area (Å²) in [5, 5.41) is 5.50. The van der Waals surface area contributed by atoms with Gasteiger partial charge in [0, 0.05) is 24.5 Å². The molecule has 2 heterocycles. The SMILES string of the molecule is CC1(C)NC(=O)CCN(Cc2nccs2)C1=O. The highest BCUT2D eigenvalue weighted by molar-refractivity contribution is 7.09. The van der Waals surface area contributed by atoms with Crippen molar-refractivity contribution in [1.29, 1.82) is 0 Å². The minimum Gasteiger partial charge on any atom is -0.342 e. The lowest BCUT2D eigenvalue weighted by Crippen LogP contribution is -2.52. The van der Waals surface area contributed by atoms with Crippen molar-refractivity contribution in [2.24, 2.45) is 0 Å². The average Bonchev–Trinajstić information content (AvgIpc) is 2.71. The zero-order valence-corrected chi connectivity index (χ0v) is 10.7. The number of nitrogens with zero attached hydrogens (tertiary/aromatic N) is 2. The molecule has 1 aliphatic rings. The van der Waals surface area contributed by atoms with E-state index in [9.17, 15) is 9.59 Å². The van der Waals surface area contributed by atoms with Gasteiger partial charge in [0.25, 0.3) is 0 Å². The minimum absolute atomic E-state index is 0.0569. The molecule has 1 N–H and O–H groups in total. The summed E-state index contributed by atoms with van der Waals surface area (Å²) in [5.41, 5.74) is -0.829. The predicted molar refractivity (Wildman–Crippen MR) is 64.4 cm³/mol. The van der Waals surface area contributed by atoms with Gasteiger partial charge in [-0.2, -0.15) is 0 Å². The second-order valence-electron chi connectivity index (χ2n) is 4.58. The molecule has 0 aliphatic carbocycles. The molecule has 1 aromatic heterocycles. The molecule has 0 spiro atoms. The van der Waals surface area contributed by atoms with Gasteiger partial charge in [-0.15, -0.1) is 11.3 Å². The summed E-state index contributed by atoms with van der Waals surface area (Å²) in [6.07, 6.45) is 2.07. The van der Waals surface area contributed by atoms with Crippen LogP contribution in [0.15, 0.2) is 11.6 Å². The highest BCUT2D eigenvalue weighted by Crippen LogP contribution is 2.17. The third-order valence-electron chi connectivity index (χ3n) is 2.69. The molecule has 6 heteroatoms. The predicted octanol–water partition coefficient (Wildman–Crippen LogP) is 0.770. The van der Waals surface area contributed by atoms with Crippen LogP contribution in [0, 0.1) is 0 Å². The van der Waals surface area contributed by atoms with Crippen molar-refractivity contribution >= 4 is 23.2 Å². The number of aromatic nitrogens is 1. The van der Waals surface area contributed by atoms with Crippen LogP contribution in [0.1, 0.15) is 25.3 Å². The quantitative estimate of drug-likeness (QED) is 0.847. The van der Waals surface area contributed by atoms with Crippen LogP contribution in [0.2, 0.25) is 0 Å². The van der Waals surface area contributed by atoms with Crippen LogP contribution < -0.4 is 5.32 Å². The Hall–Kier alpha value is -1.43. The number of hydrogen-bond acceptors (Lipinski definition) is 4. The van der Waals surface area contributed by atoms with Gasteiger partial charge in [0.05, 0.1) is 6.54 Å². The normalized spacial score (nSPS) is 20.0. The molecule has 0 saturated carbocycles. The molecule has 1 aromatic rings. The van der Waals surface area contributed by atoms with Crippen molar-refractivity contribution in [2.45, 2.75) is 32.4 Å². The summed E-state index contributed by atoms with van der Waals surface area (Å²) in [6.45, 7) is 4.39. The number of amides is 2. The Bertz CT molecular complexity index is 428. The fourth-order valence-corrected chi connectivity index (χ4v) is 2.47. The molecule has 0 atom stereocenters. The summed E-state index contributed by atoms with van der Waals surface area (Å²) >= 11 is 1.52. The van der Waals surface area contributed by atoms with Gasteiger partial charge in [-0.25, -0.2) is 4.98 Å². The Morgan fingerprint density at radius 2 is 2.29 bits per heavy atom.